The molecule has 504 valence electrons. The third-order valence-electron chi connectivity index (χ3n) is 14.7. The minimum Gasteiger partial charge on any atom is -0.463 e. The molecule has 4 aromatic carbocycles. The maximum atomic E-state index is 14.8. The first-order chi connectivity index (χ1) is 44.6. The first-order valence-corrected chi connectivity index (χ1v) is 27.7. The number of hydrogen-bond donors (Lipinski definition) is 2. The second-order valence-electron chi connectivity index (χ2n) is 21.6. The van der Waals surface area contributed by atoms with E-state index in [0.29, 0.717) is 24.3 Å². The van der Waals surface area contributed by atoms with Crippen LogP contribution in [0.1, 0.15) is 83.9 Å². The summed E-state index contributed by atoms with van der Waals surface area (Å²) in [6.45, 7) is 3.12. The number of carbonyl (C=O) groups excluding carboxylic acids is 4. The maximum Gasteiger partial charge on any atom is 0.416 e. The van der Waals surface area contributed by atoms with E-state index in [4.69, 9.17) is 28.4 Å². The van der Waals surface area contributed by atoms with Crippen LogP contribution < -0.4 is 4.74 Å². The van der Waals surface area contributed by atoms with E-state index in [9.17, 15) is 98.2 Å². The Kier molecular flexibility index (Phi) is 18.0. The minimum atomic E-state index is -5.54. The fraction of sp³-hybridized carbons (Fsp3) is 0.250. The van der Waals surface area contributed by atoms with E-state index in [1.165, 1.54) is 30.3 Å². The van der Waals surface area contributed by atoms with Crippen molar-refractivity contribution >= 4 is 70.2 Å². The molecule has 0 spiro atoms. The summed E-state index contributed by atoms with van der Waals surface area (Å²) in [5, 5.41) is 0. The molecule has 3 aliphatic heterocycles. The monoisotopic (exact) mass is 1370 g/mol. The molecule has 96 heavy (non-hydrogen) atoms. The third kappa shape index (κ3) is 14.9. The molecule has 32 heteroatoms. The highest BCUT2D eigenvalue weighted by molar-refractivity contribution is 6.00. The van der Waals surface area contributed by atoms with Crippen molar-refractivity contribution in [3.63, 3.8) is 0 Å². The molecule has 3 aliphatic rings. The molecule has 2 N–H and O–H groups in total. The summed E-state index contributed by atoms with van der Waals surface area (Å²) in [5.74, 6) is -4.22. The summed E-state index contributed by atoms with van der Waals surface area (Å²) in [5.41, 5.74) is -20.3. The lowest BCUT2D eigenvalue weighted by Crippen LogP contribution is -2.63. The number of alkyl halides is 18. The van der Waals surface area contributed by atoms with Gasteiger partial charge in [0.2, 0.25) is 12.4 Å². The van der Waals surface area contributed by atoms with Crippen LogP contribution in [0.3, 0.4) is 0 Å². The average molecular weight is 1370 g/mol. The van der Waals surface area contributed by atoms with Crippen LogP contribution in [0.4, 0.5) is 79.0 Å². The third-order valence-corrected chi connectivity index (χ3v) is 14.7. The fourth-order valence-electron chi connectivity index (χ4n) is 10.9. The van der Waals surface area contributed by atoms with Crippen molar-refractivity contribution in [3.05, 3.63) is 159 Å². The van der Waals surface area contributed by atoms with Crippen molar-refractivity contribution in [2.75, 3.05) is 6.61 Å². The molecule has 8 bridgehead atoms. The predicted molar refractivity (Wildman–Crippen MR) is 303 cm³/mol. The van der Waals surface area contributed by atoms with Gasteiger partial charge in [0.05, 0.1) is 56.2 Å². The van der Waals surface area contributed by atoms with Gasteiger partial charge in [0.15, 0.2) is 12.2 Å². The number of ether oxygens (including phenoxy) is 6. The van der Waals surface area contributed by atoms with Crippen molar-refractivity contribution in [2.24, 2.45) is 0 Å². The van der Waals surface area contributed by atoms with Crippen LogP contribution in [0.5, 0.6) is 5.75 Å². The Bertz CT molecular complexity index is 4350. The molecular weight excluding hydrogens is 1330 g/mol. The molecule has 1 saturated heterocycles. The van der Waals surface area contributed by atoms with Crippen molar-refractivity contribution in [1.29, 1.82) is 0 Å². The zero-order valence-corrected chi connectivity index (χ0v) is 49.0. The Morgan fingerprint density at radius 1 is 0.396 bits per heavy atom. The van der Waals surface area contributed by atoms with Crippen LogP contribution in [0.15, 0.2) is 103 Å². The van der Waals surface area contributed by atoms with Crippen LogP contribution in [-0.4, -0.2) is 81.1 Å². The van der Waals surface area contributed by atoms with Gasteiger partial charge in [-0.1, -0.05) is 12.1 Å². The van der Waals surface area contributed by atoms with Gasteiger partial charge in [0.1, 0.15) is 18.5 Å². The molecule has 7 aromatic rings. The lowest BCUT2D eigenvalue weighted by atomic mass is 9.97. The standard InChI is InChI=1S/C64H42F18N4O10/c1-27(87)91-26-50-55(92-28(2)88)56(93-29(3)89)57(94-30(4)90)58(96-50)95-41-7-5-6-31(22-41)51-42-8-10-44(83-42)52(32-16-35(59(65,66)67)23-36(17-32)60(68,69)70)46-12-14-48(85-46)54(34-20-39(63(77,78)79)25-40(21-34)64(80,81)82)49-15-13-47(86-49)53(45-11-9-43(51)84-45)33-18-37(61(71,72)73)24-38(19-33)62(74,75)76/h5-25,50,55-58,83,86H,26H2,1-4H3/t50-,55-,56+,57-,58-/m1/s1. The van der Waals surface area contributed by atoms with Crippen molar-refractivity contribution in [2.45, 2.75) is 95.5 Å². The molecule has 0 radical (unpaired) electrons. The number of H-pyrrole nitrogens is 2. The molecule has 14 nitrogen and oxygen atoms in total. The fourth-order valence-corrected chi connectivity index (χ4v) is 10.9. The first-order valence-electron chi connectivity index (χ1n) is 27.7. The number of benzene rings is 4. The number of nitrogens with zero attached hydrogens (tertiary/aromatic N) is 2. The number of esters is 4. The van der Waals surface area contributed by atoms with Gasteiger partial charge in [-0.05, 0) is 138 Å². The van der Waals surface area contributed by atoms with Crippen molar-refractivity contribution in [1.82, 2.24) is 19.9 Å². The van der Waals surface area contributed by atoms with Gasteiger partial charge < -0.3 is 38.4 Å². The molecule has 3 aromatic heterocycles. The van der Waals surface area contributed by atoms with Gasteiger partial charge >= 0.3 is 60.9 Å². The van der Waals surface area contributed by atoms with E-state index in [1.54, 1.807) is 0 Å². The van der Waals surface area contributed by atoms with E-state index in [2.05, 4.69) is 19.9 Å². The lowest BCUT2D eigenvalue weighted by Gasteiger charge is -2.43. The van der Waals surface area contributed by atoms with Gasteiger partial charge in [0.25, 0.3) is 0 Å². The number of aromatic amines is 2. The topological polar surface area (TPSA) is 181 Å². The van der Waals surface area contributed by atoms with E-state index in [0.717, 1.165) is 70.2 Å². The molecule has 5 atom stereocenters. The van der Waals surface area contributed by atoms with Crippen LogP contribution in [0.2, 0.25) is 0 Å². The zero-order chi connectivity index (χ0) is 70.1. The molecule has 0 amide bonds. The maximum absolute atomic E-state index is 14.8. The molecule has 0 unspecified atom stereocenters. The first kappa shape index (κ1) is 68.7. The summed E-state index contributed by atoms with van der Waals surface area (Å²) in [6, 6.07) is 10.2. The van der Waals surface area contributed by atoms with Crippen LogP contribution >= 0.6 is 0 Å². The highest BCUT2D eigenvalue weighted by Crippen LogP contribution is 2.47. The molecular formula is C64H42F18N4O10. The Morgan fingerprint density at radius 2 is 0.708 bits per heavy atom. The number of aromatic nitrogens is 4. The largest absolute Gasteiger partial charge is 0.463 e. The van der Waals surface area contributed by atoms with E-state index < -0.39 is 199 Å². The quantitative estimate of drug-likeness (QED) is 0.0712. The smallest absolute Gasteiger partial charge is 0.416 e. The van der Waals surface area contributed by atoms with Gasteiger partial charge in [-0.2, -0.15) is 79.0 Å². The number of rotatable bonds is 11. The molecule has 6 heterocycles. The van der Waals surface area contributed by atoms with E-state index >= 15 is 0 Å². The summed E-state index contributed by atoms with van der Waals surface area (Å²) in [4.78, 5) is 64.6. The SMILES string of the molecule is CC(=O)OC[C@H]1O[C@@H](Oc2cccc(-c3c4nc(c(-c5cc(C(F)(F)F)cc(C(F)(F)F)c5)c5ccc([nH]5)c(-c5cc(C(F)(F)F)cc(C(F)(F)F)c5)c5nc(c(-c6cc(C(F)(F)F)cc(C(F)(F)F)c6)c6ccc3[nH]6)C=C5)C=C4)c2)[C@H](OC(C)=O)[C@@H](OC(C)=O)[C@@H]1OC(C)=O. The van der Waals surface area contributed by atoms with Crippen LogP contribution in [-0.2, 0) is 79.9 Å². The summed E-state index contributed by atoms with van der Waals surface area (Å²) in [6.07, 6.45) is -37.8. The summed E-state index contributed by atoms with van der Waals surface area (Å²) in [7, 11) is 0. The molecule has 10 rings (SSSR count). The number of carbonyl (C=O) groups is 4. The predicted octanol–water partition coefficient (Wildman–Crippen LogP) is 16.9. The van der Waals surface area contributed by atoms with Crippen molar-refractivity contribution in [3.8, 4) is 50.3 Å². The highest BCUT2D eigenvalue weighted by Gasteiger charge is 2.54. The van der Waals surface area contributed by atoms with Crippen molar-refractivity contribution < 1.29 is 127 Å². The van der Waals surface area contributed by atoms with Crippen LogP contribution in [0, 0.1) is 0 Å². The van der Waals surface area contributed by atoms with Crippen LogP contribution in [0.25, 0.3) is 90.9 Å². The van der Waals surface area contributed by atoms with Gasteiger partial charge in [-0.15, -0.1) is 0 Å². The minimum absolute atomic E-state index is 0.0771. The Labute approximate surface area is 527 Å². The Balaban J connectivity index is 1.34. The van der Waals surface area contributed by atoms with Gasteiger partial charge in [-0.25, -0.2) is 9.97 Å². The zero-order valence-electron chi connectivity index (χ0n) is 49.0. The number of fused-ring (bicyclic) bond motifs is 8. The summed E-state index contributed by atoms with van der Waals surface area (Å²) < 4.78 is 299. The molecule has 0 aliphatic carbocycles. The van der Waals surface area contributed by atoms with E-state index in [1.807, 2.05) is 0 Å². The highest BCUT2D eigenvalue weighted by atomic mass is 19.4. The van der Waals surface area contributed by atoms with Gasteiger partial charge in [0, 0.05) is 72.0 Å². The second-order valence-corrected chi connectivity index (χ2v) is 21.6. The van der Waals surface area contributed by atoms with E-state index in [-0.39, 0.29) is 58.4 Å². The molecule has 0 saturated carbocycles. The Morgan fingerprint density at radius 3 is 1.02 bits per heavy atom. The number of hydrogen-bond acceptors (Lipinski definition) is 12. The number of halogens is 18. The normalized spacial score (nSPS) is 17.7. The Hall–Kier alpha value is -10.1. The second kappa shape index (κ2) is 25.2. The summed E-state index contributed by atoms with van der Waals surface area (Å²) >= 11 is 0. The lowest BCUT2D eigenvalue weighted by molar-refractivity contribution is -0.288. The molecule has 1 fully saturated rings. The van der Waals surface area contributed by atoms with Gasteiger partial charge in [-0.3, -0.25) is 19.2 Å². The number of nitrogens with one attached hydrogen (secondary N) is 2. The average Bonchev–Trinajstić information content (AvgIpc) is 1.59.